The molecular formula is C12H16N2OS2. The average molecular weight is 268 g/mol. The van der Waals surface area contributed by atoms with Crippen molar-refractivity contribution in [3.05, 3.63) is 33.0 Å². The topological polar surface area (TPSA) is 36.4 Å². The number of aryl methyl sites for hydroxylation is 1. The molecule has 0 spiro atoms. The maximum Gasteiger partial charge on any atom is 0.185 e. The molecule has 17 heavy (non-hydrogen) atoms. The van der Waals surface area contributed by atoms with Gasteiger partial charge in [-0.25, -0.2) is 4.98 Å². The molecule has 2 aromatic rings. The zero-order chi connectivity index (χ0) is 12.3. The average Bonchev–Trinajstić information content (AvgIpc) is 2.96. The lowest BCUT2D eigenvalue weighted by Gasteiger charge is -2.14. The van der Waals surface area contributed by atoms with Gasteiger partial charge in [0.25, 0.3) is 0 Å². The Balaban J connectivity index is 2.13. The van der Waals surface area contributed by atoms with Gasteiger partial charge in [-0.3, -0.25) is 0 Å². The number of anilines is 1. The second-order valence-corrected chi connectivity index (χ2v) is 5.71. The van der Waals surface area contributed by atoms with E-state index in [4.69, 9.17) is 0 Å². The summed E-state index contributed by atoms with van der Waals surface area (Å²) in [7, 11) is 2.04. The minimum Gasteiger partial charge on any atom is -0.391 e. The van der Waals surface area contributed by atoms with Gasteiger partial charge in [0.2, 0.25) is 0 Å². The van der Waals surface area contributed by atoms with Crippen LogP contribution >= 0.6 is 22.7 Å². The summed E-state index contributed by atoms with van der Waals surface area (Å²) < 4.78 is 0. The number of aromatic nitrogens is 1. The summed E-state index contributed by atoms with van der Waals surface area (Å²) in [6, 6.07) is 2.13. The van der Waals surface area contributed by atoms with E-state index in [1.807, 2.05) is 7.05 Å². The molecule has 0 unspecified atom stereocenters. The fourth-order valence-corrected chi connectivity index (χ4v) is 3.29. The molecule has 0 atom stereocenters. The molecule has 0 aliphatic carbocycles. The Bertz CT molecular complexity index is 443. The van der Waals surface area contributed by atoms with Gasteiger partial charge >= 0.3 is 0 Å². The molecular weight excluding hydrogens is 252 g/mol. The van der Waals surface area contributed by atoms with Gasteiger partial charge in [-0.2, -0.15) is 11.3 Å². The molecule has 0 fully saturated rings. The molecule has 2 heterocycles. The lowest BCUT2D eigenvalue weighted by Crippen LogP contribution is -2.15. The molecule has 0 radical (unpaired) electrons. The van der Waals surface area contributed by atoms with Crippen molar-refractivity contribution in [3.63, 3.8) is 0 Å². The molecule has 1 N–H and O–H groups in total. The first-order chi connectivity index (χ1) is 8.24. The number of hydrogen-bond donors (Lipinski definition) is 1. The van der Waals surface area contributed by atoms with E-state index in [0.717, 1.165) is 28.7 Å². The summed E-state index contributed by atoms with van der Waals surface area (Å²) in [5, 5.41) is 14.5. The zero-order valence-corrected chi connectivity index (χ0v) is 11.6. The van der Waals surface area contributed by atoms with Crippen LogP contribution in [-0.4, -0.2) is 17.1 Å². The number of thiophene rings is 1. The first-order valence-electron chi connectivity index (χ1n) is 5.56. The van der Waals surface area contributed by atoms with Gasteiger partial charge in [-0.1, -0.05) is 18.3 Å². The van der Waals surface area contributed by atoms with Crippen molar-refractivity contribution in [1.29, 1.82) is 0 Å². The van der Waals surface area contributed by atoms with E-state index >= 15 is 0 Å². The third-order valence-electron chi connectivity index (χ3n) is 2.57. The van der Waals surface area contributed by atoms with Crippen molar-refractivity contribution in [2.75, 3.05) is 11.9 Å². The van der Waals surface area contributed by atoms with Crippen LogP contribution < -0.4 is 4.90 Å². The third kappa shape index (κ3) is 2.86. The van der Waals surface area contributed by atoms with Crippen LogP contribution in [0.5, 0.6) is 0 Å². The summed E-state index contributed by atoms with van der Waals surface area (Å²) in [5.74, 6) is 0. The van der Waals surface area contributed by atoms with E-state index in [2.05, 4.69) is 33.6 Å². The van der Waals surface area contributed by atoms with Crippen LogP contribution in [0.2, 0.25) is 0 Å². The number of hydrogen-bond acceptors (Lipinski definition) is 5. The predicted octanol–water partition coefficient (Wildman–Crippen LogP) is 2.90. The number of aliphatic hydroxyl groups excluding tert-OH is 1. The Hall–Kier alpha value is -0.910. The fourth-order valence-electron chi connectivity index (χ4n) is 1.66. The highest BCUT2D eigenvalue weighted by Crippen LogP contribution is 2.27. The van der Waals surface area contributed by atoms with Crippen LogP contribution in [0.1, 0.15) is 23.1 Å². The minimum atomic E-state index is 0.0904. The first kappa shape index (κ1) is 12.5. The van der Waals surface area contributed by atoms with Crippen molar-refractivity contribution in [3.8, 4) is 0 Å². The van der Waals surface area contributed by atoms with Gasteiger partial charge in [-0.05, 0) is 28.8 Å². The maximum absolute atomic E-state index is 9.25. The highest BCUT2D eigenvalue weighted by Gasteiger charge is 2.12. The van der Waals surface area contributed by atoms with Gasteiger partial charge in [0.05, 0.1) is 17.2 Å². The Morgan fingerprint density at radius 2 is 2.29 bits per heavy atom. The van der Waals surface area contributed by atoms with Crippen molar-refractivity contribution < 1.29 is 5.11 Å². The lowest BCUT2D eigenvalue weighted by atomic mass is 10.3. The quantitative estimate of drug-likeness (QED) is 0.906. The SMILES string of the molecule is CCc1nc(N(C)Cc2ccsc2)sc1CO. The molecule has 3 nitrogen and oxygen atoms in total. The summed E-state index contributed by atoms with van der Waals surface area (Å²) in [6.07, 6.45) is 0.874. The number of thiazole rings is 1. The van der Waals surface area contributed by atoms with E-state index in [9.17, 15) is 5.11 Å². The molecule has 92 valence electrons. The van der Waals surface area contributed by atoms with Crippen LogP contribution in [0.15, 0.2) is 16.8 Å². The molecule has 0 saturated heterocycles. The number of rotatable bonds is 5. The van der Waals surface area contributed by atoms with Gasteiger partial charge in [0.15, 0.2) is 5.13 Å². The Labute approximate surface area is 109 Å². The molecule has 0 aliphatic heterocycles. The van der Waals surface area contributed by atoms with E-state index < -0.39 is 0 Å². The summed E-state index contributed by atoms with van der Waals surface area (Å²) in [6.45, 7) is 3.02. The van der Waals surface area contributed by atoms with Crippen molar-refractivity contribution in [1.82, 2.24) is 4.98 Å². The Morgan fingerprint density at radius 1 is 1.47 bits per heavy atom. The van der Waals surface area contributed by atoms with Crippen molar-refractivity contribution >= 4 is 27.8 Å². The fraction of sp³-hybridized carbons (Fsp3) is 0.417. The maximum atomic E-state index is 9.25. The van der Waals surface area contributed by atoms with E-state index in [1.165, 1.54) is 5.56 Å². The first-order valence-corrected chi connectivity index (χ1v) is 7.32. The molecule has 5 heteroatoms. The molecule has 0 bridgehead atoms. The molecule has 0 saturated carbocycles. The Morgan fingerprint density at radius 3 is 2.82 bits per heavy atom. The third-order valence-corrected chi connectivity index (χ3v) is 4.50. The largest absolute Gasteiger partial charge is 0.391 e. The minimum absolute atomic E-state index is 0.0904. The lowest BCUT2D eigenvalue weighted by molar-refractivity contribution is 0.284. The number of nitrogens with zero attached hydrogens (tertiary/aromatic N) is 2. The summed E-state index contributed by atoms with van der Waals surface area (Å²) >= 11 is 3.29. The second-order valence-electron chi connectivity index (χ2n) is 3.87. The van der Waals surface area contributed by atoms with Crippen LogP contribution in [0.3, 0.4) is 0 Å². The van der Waals surface area contributed by atoms with E-state index in [0.29, 0.717) is 0 Å². The highest BCUT2D eigenvalue weighted by molar-refractivity contribution is 7.15. The molecule has 2 rings (SSSR count). The number of aliphatic hydroxyl groups is 1. The summed E-state index contributed by atoms with van der Waals surface area (Å²) in [5.41, 5.74) is 2.32. The van der Waals surface area contributed by atoms with E-state index in [-0.39, 0.29) is 6.61 Å². The van der Waals surface area contributed by atoms with Gasteiger partial charge < -0.3 is 10.0 Å². The van der Waals surface area contributed by atoms with Crippen LogP contribution in [0.4, 0.5) is 5.13 Å². The normalized spacial score (nSPS) is 10.8. The summed E-state index contributed by atoms with van der Waals surface area (Å²) in [4.78, 5) is 7.68. The monoisotopic (exact) mass is 268 g/mol. The Kier molecular flexibility index (Phi) is 4.15. The standard InChI is InChI=1S/C12H16N2OS2/c1-3-10-11(7-15)17-12(13-10)14(2)6-9-4-5-16-8-9/h4-5,8,15H,3,6-7H2,1-2H3. The van der Waals surface area contributed by atoms with Crippen molar-refractivity contribution in [2.24, 2.45) is 0 Å². The molecule has 0 amide bonds. The van der Waals surface area contributed by atoms with Crippen molar-refractivity contribution in [2.45, 2.75) is 26.5 Å². The molecule has 0 aliphatic rings. The predicted molar refractivity (Wildman–Crippen MR) is 73.8 cm³/mol. The van der Waals surface area contributed by atoms with Crippen LogP contribution in [0.25, 0.3) is 0 Å². The van der Waals surface area contributed by atoms with Crippen LogP contribution in [-0.2, 0) is 19.6 Å². The van der Waals surface area contributed by atoms with Gasteiger partial charge in [-0.15, -0.1) is 0 Å². The second kappa shape index (κ2) is 5.62. The van der Waals surface area contributed by atoms with Crippen LogP contribution in [0, 0.1) is 0 Å². The van der Waals surface area contributed by atoms with Gasteiger partial charge in [0, 0.05) is 13.6 Å². The zero-order valence-electron chi connectivity index (χ0n) is 10.0. The molecule has 0 aromatic carbocycles. The van der Waals surface area contributed by atoms with E-state index in [1.54, 1.807) is 22.7 Å². The highest BCUT2D eigenvalue weighted by atomic mass is 32.1. The van der Waals surface area contributed by atoms with Gasteiger partial charge in [0.1, 0.15) is 0 Å². The molecule has 2 aromatic heterocycles. The smallest absolute Gasteiger partial charge is 0.185 e.